The van der Waals surface area contributed by atoms with Crippen LogP contribution in [0.25, 0.3) is 0 Å². The second kappa shape index (κ2) is 6.44. The number of hydrogen-bond acceptors (Lipinski definition) is 4. The molecule has 1 aliphatic rings. The van der Waals surface area contributed by atoms with Gasteiger partial charge in [-0.2, -0.15) is 0 Å². The van der Waals surface area contributed by atoms with Crippen LogP contribution >= 0.6 is 11.6 Å². The molecule has 0 N–H and O–H groups in total. The van der Waals surface area contributed by atoms with Crippen LogP contribution in [0.2, 0.25) is 5.02 Å². The van der Waals surface area contributed by atoms with Gasteiger partial charge < -0.3 is 19.1 Å². The number of benzene rings is 1. The van der Waals surface area contributed by atoms with Crippen LogP contribution < -0.4 is 9.84 Å². The molecule has 116 valence electrons. The first kappa shape index (κ1) is 15.0. The molecule has 1 fully saturated rings. The van der Waals surface area contributed by atoms with E-state index in [2.05, 4.69) is 0 Å². The molecule has 5 heteroatoms. The van der Waals surface area contributed by atoms with Crippen molar-refractivity contribution in [2.24, 2.45) is 0 Å². The predicted molar refractivity (Wildman–Crippen MR) is 80.2 cm³/mol. The molecule has 0 spiro atoms. The van der Waals surface area contributed by atoms with Crippen molar-refractivity contribution in [2.75, 3.05) is 0 Å². The Morgan fingerprint density at radius 1 is 1.27 bits per heavy atom. The highest BCUT2D eigenvalue weighted by molar-refractivity contribution is 6.30. The molecule has 1 aliphatic carbocycles. The Labute approximate surface area is 133 Å². The van der Waals surface area contributed by atoms with Gasteiger partial charge in [-0.05, 0) is 56.0 Å². The van der Waals surface area contributed by atoms with Crippen LogP contribution in [0.15, 0.2) is 34.7 Å². The number of carboxylic acid groups (broad SMARTS) is 1. The Kier molecular flexibility index (Phi) is 4.39. The highest BCUT2D eigenvalue weighted by Crippen LogP contribution is 2.30. The fraction of sp³-hybridized carbons (Fsp3) is 0.353. The molecule has 3 rings (SSSR count). The fourth-order valence-corrected chi connectivity index (χ4v) is 2.95. The van der Waals surface area contributed by atoms with Crippen LogP contribution in [-0.2, 0) is 6.42 Å². The third-order valence-corrected chi connectivity index (χ3v) is 4.08. The Morgan fingerprint density at radius 3 is 2.73 bits per heavy atom. The zero-order valence-electron chi connectivity index (χ0n) is 12.0. The number of aromatic carboxylic acids is 1. The summed E-state index contributed by atoms with van der Waals surface area (Å²) in [5.74, 6) is -0.171. The fourth-order valence-electron chi connectivity index (χ4n) is 2.76. The number of ether oxygens (including phenoxy) is 1. The van der Waals surface area contributed by atoms with Gasteiger partial charge in [0.2, 0.25) is 0 Å². The molecule has 22 heavy (non-hydrogen) atoms. The van der Waals surface area contributed by atoms with Crippen LogP contribution in [0, 0.1) is 0 Å². The third-order valence-electron chi connectivity index (χ3n) is 3.85. The smallest absolute Gasteiger partial charge is 0.149 e. The van der Waals surface area contributed by atoms with Gasteiger partial charge >= 0.3 is 0 Å². The van der Waals surface area contributed by atoms with E-state index in [1.165, 1.54) is 18.9 Å². The van der Waals surface area contributed by atoms with Gasteiger partial charge in [0.05, 0.1) is 6.10 Å². The van der Waals surface area contributed by atoms with E-state index < -0.39 is 5.97 Å². The van der Waals surface area contributed by atoms with Gasteiger partial charge in [0, 0.05) is 17.0 Å². The van der Waals surface area contributed by atoms with Gasteiger partial charge in [0.15, 0.2) is 0 Å². The van der Waals surface area contributed by atoms with E-state index >= 15 is 0 Å². The molecule has 2 aromatic rings. The maximum Gasteiger partial charge on any atom is 0.149 e. The van der Waals surface area contributed by atoms with Gasteiger partial charge in [0.25, 0.3) is 0 Å². The summed E-state index contributed by atoms with van der Waals surface area (Å²) in [6.07, 6.45) is 5.20. The summed E-state index contributed by atoms with van der Waals surface area (Å²) in [5.41, 5.74) is 0.888. The maximum absolute atomic E-state index is 10.8. The SMILES string of the molecule is O=C([O-])c1ccc(Cc2cc(Cl)ccc2OC2CCCC2)o1. The van der Waals surface area contributed by atoms with Crippen molar-refractivity contribution in [2.45, 2.75) is 38.2 Å². The molecule has 1 aromatic carbocycles. The molecule has 0 saturated heterocycles. The molecule has 0 aliphatic heterocycles. The number of carboxylic acids is 1. The standard InChI is InChI=1S/C17H17ClO4/c18-12-5-7-15(21-13-3-1-2-4-13)11(9-12)10-14-6-8-16(22-14)17(19)20/h5-9,13H,1-4,10H2,(H,19,20)/p-1. The number of carbonyl (C=O) groups is 1. The molecule has 0 bridgehead atoms. The average molecular weight is 320 g/mol. The lowest BCUT2D eigenvalue weighted by Gasteiger charge is -2.16. The summed E-state index contributed by atoms with van der Waals surface area (Å²) in [6.45, 7) is 0. The van der Waals surface area contributed by atoms with Crippen molar-refractivity contribution in [3.05, 3.63) is 52.4 Å². The summed E-state index contributed by atoms with van der Waals surface area (Å²) in [5, 5.41) is 11.4. The van der Waals surface area contributed by atoms with Crippen LogP contribution in [0.3, 0.4) is 0 Å². The number of carbonyl (C=O) groups excluding carboxylic acids is 1. The lowest BCUT2D eigenvalue weighted by atomic mass is 10.1. The molecule has 1 saturated carbocycles. The molecule has 0 atom stereocenters. The monoisotopic (exact) mass is 319 g/mol. The summed E-state index contributed by atoms with van der Waals surface area (Å²) in [7, 11) is 0. The van der Waals surface area contributed by atoms with Crippen molar-refractivity contribution in [3.63, 3.8) is 0 Å². The Morgan fingerprint density at radius 2 is 2.05 bits per heavy atom. The predicted octanol–water partition coefficient (Wildman–Crippen LogP) is 3.21. The Bertz CT molecular complexity index is 671. The van der Waals surface area contributed by atoms with Crippen molar-refractivity contribution < 1.29 is 19.1 Å². The third kappa shape index (κ3) is 3.45. The van der Waals surface area contributed by atoms with Crippen molar-refractivity contribution in [1.29, 1.82) is 0 Å². The van der Waals surface area contributed by atoms with Crippen molar-refractivity contribution in [1.82, 2.24) is 0 Å². The largest absolute Gasteiger partial charge is 0.542 e. The Balaban J connectivity index is 1.81. The second-order valence-corrected chi connectivity index (χ2v) is 5.94. The minimum absolute atomic E-state index is 0.171. The quantitative estimate of drug-likeness (QED) is 0.849. The first-order valence-electron chi connectivity index (χ1n) is 7.37. The van der Waals surface area contributed by atoms with Crippen molar-refractivity contribution >= 4 is 17.6 Å². The highest BCUT2D eigenvalue weighted by atomic mass is 35.5. The average Bonchev–Trinajstić information content (AvgIpc) is 3.13. The van der Waals surface area contributed by atoms with Gasteiger partial charge in [-0.25, -0.2) is 0 Å². The molecule has 4 nitrogen and oxygen atoms in total. The minimum Gasteiger partial charge on any atom is -0.542 e. The van der Waals surface area contributed by atoms with E-state index in [0.717, 1.165) is 24.2 Å². The molecular formula is C17H16ClO4-. The molecule has 1 heterocycles. The maximum atomic E-state index is 10.8. The molecule has 0 unspecified atom stereocenters. The minimum atomic E-state index is -1.32. The van der Waals surface area contributed by atoms with Crippen molar-refractivity contribution in [3.8, 4) is 5.75 Å². The van der Waals surface area contributed by atoms with E-state index in [1.807, 2.05) is 12.1 Å². The number of halogens is 1. The van der Waals surface area contributed by atoms with Crippen LogP contribution in [0.4, 0.5) is 0 Å². The van der Waals surface area contributed by atoms with E-state index in [0.29, 0.717) is 17.2 Å². The molecule has 1 aromatic heterocycles. The molecule has 0 radical (unpaired) electrons. The van der Waals surface area contributed by atoms with E-state index in [4.69, 9.17) is 20.8 Å². The lowest BCUT2D eigenvalue weighted by molar-refractivity contribution is -0.257. The van der Waals surface area contributed by atoms with E-state index in [9.17, 15) is 9.90 Å². The number of rotatable bonds is 5. The van der Waals surface area contributed by atoms with Gasteiger partial charge in [-0.1, -0.05) is 11.6 Å². The lowest BCUT2D eigenvalue weighted by Crippen LogP contribution is -2.21. The first-order valence-corrected chi connectivity index (χ1v) is 7.75. The second-order valence-electron chi connectivity index (χ2n) is 5.51. The van der Waals surface area contributed by atoms with Crippen LogP contribution in [-0.4, -0.2) is 12.1 Å². The Hall–Kier alpha value is -1.94. The molecular weight excluding hydrogens is 304 g/mol. The zero-order chi connectivity index (χ0) is 15.5. The summed E-state index contributed by atoms with van der Waals surface area (Å²) in [4.78, 5) is 10.8. The van der Waals surface area contributed by atoms with Gasteiger partial charge in [-0.3, -0.25) is 0 Å². The molecule has 0 amide bonds. The number of hydrogen-bond donors (Lipinski definition) is 0. The topological polar surface area (TPSA) is 62.5 Å². The van der Waals surface area contributed by atoms with Crippen LogP contribution in [0.1, 0.15) is 47.6 Å². The van der Waals surface area contributed by atoms with E-state index in [1.54, 1.807) is 12.1 Å². The van der Waals surface area contributed by atoms with E-state index in [-0.39, 0.29) is 11.9 Å². The summed E-state index contributed by atoms with van der Waals surface area (Å²) in [6, 6.07) is 8.51. The highest BCUT2D eigenvalue weighted by Gasteiger charge is 2.18. The normalized spacial score (nSPS) is 15.1. The zero-order valence-corrected chi connectivity index (χ0v) is 12.8. The first-order chi connectivity index (χ1) is 10.6. The van der Waals surface area contributed by atoms with Gasteiger partial charge in [0.1, 0.15) is 23.2 Å². The van der Waals surface area contributed by atoms with Gasteiger partial charge in [-0.15, -0.1) is 0 Å². The summed E-state index contributed by atoms with van der Waals surface area (Å²) < 4.78 is 11.3. The summed E-state index contributed by atoms with van der Waals surface area (Å²) >= 11 is 6.07. The number of furan rings is 1. The van der Waals surface area contributed by atoms with Crippen LogP contribution in [0.5, 0.6) is 5.75 Å².